The molecule has 2 aromatic heterocycles. The third-order valence-electron chi connectivity index (χ3n) is 3.00. The molecule has 2 unspecified atom stereocenters. The van der Waals surface area contributed by atoms with Crippen molar-refractivity contribution < 1.29 is 23.7 Å². The Morgan fingerprint density at radius 2 is 2.09 bits per heavy atom. The van der Waals surface area contributed by atoms with Crippen LogP contribution in [0.3, 0.4) is 0 Å². The molecule has 2 aromatic rings. The van der Waals surface area contributed by atoms with Crippen molar-refractivity contribution in [2.45, 2.75) is 19.0 Å². The highest BCUT2D eigenvalue weighted by atomic mass is 19.1. The average Bonchev–Trinajstić information content (AvgIpc) is 2.73. The molecule has 10 heteroatoms. The molecule has 6 N–H and O–H groups in total. The molecule has 0 saturated heterocycles. The molecule has 0 aliphatic heterocycles. The van der Waals surface area contributed by atoms with Crippen molar-refractivity contribution >= 4 is 17.0 Å². The van der Waals surface area contributed by atoms with E-state index in [9.17, 15) is 8.78 Å². The minimum atomic E-state index is -2.37. The number of aryl methyl sites for hydroxylation is 2. The third-order valence-corrected chi connectivity index (χ3v) is 3.00. The van der Waals surface area contributed by atoms with Crippen LogP contribution in [0.1, 0.15) is 5.69 Å². The molecule has 124 valence electrons. The first-order valence-electron chi connectivity index (χ1n) is 6.18. The Labute approximate surface area is 125 Å². The topological polar surface area (TPSA) is 132 Å². The molecule has 0 aliphatic rings. The molecule has 0 saturated carbocycles. The van der Waals surface area contributed by atoms with Crippen LogP contribution in [-0.2, 0) is 11.8 Å². The second-order valence-corrected chi connectivity index (χ2v) is 4.61. The Kier molecular flexibility index (Phi) is 5.72. The lowest BCUT2D eigenvalue weighted by atomic mass is 10.2. The van der Waals surface area contributed by atoms with Crippen molar-refractivity contribution in [1.82, 2.24) is 14.5 Å². The predicted octanol–water partition coefficient (Wildman–Crippen LogP) is -0.434. The summed E-state index contributed by atoms with van der Waals surface area (Å²) in [5, 5.41) is 16.9. The number of anilines is 1. The van der Waals surface area contributed by atoms with E-state index in [0.29, 0.717) is 16.7 Å². The molecule has 0 bridgehead atoms. The SMILES string of the molecule is COC(N)(CO)C(O)F.Cc1nc(N)nc2c1c(F)cn2C. The maximum atomic E-state index is 13.3. The van der Waals surface area contributed by atoms with Crippen LogP contribution in [0.5, 0.6) is 0 Å². The van der Waals surface area contributed by atoms with Gasteiger partial charge in [-0.3, -0.25) is 5.73 Å². The summed E-state index contributed by atoms with van der Waals surface area (Å²) >= 11 is 0. The summed E-state index contributed by atoms with van der Waals surface area (Å²) in [6, 6.07) is 0. The summed E-state index contributed by atoms with van der Waals surface area (Å²) in [5.74, 6) is -0.138. The lowest BCUT2D eigenvalue weighted by molar-refractivity contribution is -0.174. The van der Waals surface area contributed by atoms with Crippen molar-refractivity contribution in [2.75, 3.05) is 19.5 Å². The van der Waals surface area contributed by atoms with Gasteiger partial charge in [-0.05, 0) is 6.92 Å². The maximum Gasteiger partial charge on any atom is 0.241 e. The summed E-state index contributed by atoms with van der Waals surface area (Å²) < 4.78 is 31.0. The van der Waals surface area contributed by atoms with Crippen LogP contribution in [0.15, 0.2) is 6.20 Å². The highest BCUT2D eigenvalue weighted by molar-refractivity contribution is 5.80. The molecule has 22 heavy (non-hydrogen) atoms. The van der Waals surface area contributed by atoms with Crippen molar-refractivity contribution in [2.24, 2.45) is 12.8 Å². The average molecular weight is 319 g/mol. The molecule has 0 amide bonds. The molecule has 0 spiro atoms. The van der Waals surface area contributed by atoms with Crippen molar-refractivity contribution in [3.05, 3.63) is 17.7 Å². The number of ether oxygens (including phenoxy) is 1. The van der Waals surface area contributed by atoms with Crippen molar-refractivity contribution in [1.29, 1.82) is 0 Å². The highest BCUT2D eigenvalue weighted by Crippen LogP contribution is 2.20. The molecular weight excluding hydrogens is 300 g/mol. The third kappa shape index (κ3) is 3.65. The number of hydrogen-bond acceptors (Lipinski definition) is 7. The Hall–Kier alpha value is -1.88. The van der Waals surface area contributed by atoms with Gasteiger partial charge in [0.25, 0.3) is 0 Å². The molecular formula is C12H19F2N5O3. The molecule has 0 fully saturated rings. The standard InChI is InChI=1S/C8H9FN4.C4H10FNO3/c1-4-6-5(9)3-13(2)7(6)12-8(10)11-4;1-9-4(6,2-7)3(5)8/h3H,1-2H3,(H2,10,11,12);3,7-8H,2,6H2,1H3. The second kappa shape index (κ2) is 6.92. The largest absolute Gasteiger partial charge is 0.392 e. The van der Waals surface area contributed by atoms with E-state index in [4.69, 9.17) is 21.7 Å². The Morgan fingerprint density at radius 1 is 1.50 bits per heavy atom. The minimum absolute atomic E-state index is 0.172. The molecule has 2 atom stereocenters. The fourth-order valence-corrected chi connectivity index (χ4v) is 1.65. The van der Waals surface area contributed by atoms with E-state index in [2.05, 4.69) is 14.7 Å². The van der Waals surface area contributed by atoms with Gasteiger partial charge in [0, 0.05) is 20.4 Å². The first-order chi connectivity index (χ1) is 10.2. The van der Waals surface area contributed by atoms with Crippen molar-refractivity contribution in [3.8, 4) is 0 Å². The Bertz CT molecular complexity index is 643. The monoisotopic (exact) mass is 319 g/mol. The number of halogens is 2. The van der Waals surface area contributed by atoms with Crippen LogP contribution in [-0.4, -0.2) is 50.5 Å². The number of aromatic nitrogens is 3. The van der Waals surface area contributed by atoms with Crippen LogP contribution >= 0.6 is 0 Å². The van der Waals surface area contributed by atoms with Gasteiger partial charge in [0.2, 0.25) is 12.3 Å². The van der Waals surface area contributed by atoms with E-state index in [1.165, 1.54) is 6.20 Å². The smallest absolute Gasteiger partial charge is 0.241 e. The molecule has 2 rings (SSSR count). The number of aliphatic hydroxyl groups is 2. The second-order valence-electron chi connectivity index (χ2n) is 4.61. The zero-order valence-corrected chi connectivity index (χ0v) is 12.4. The van der Waals surface area contributed by atoms with Gasteiger partial charge >= 0.3 is 0 Å². The first kappa shape index (κ1) is 18.2. The fraction of sp³-hybridized carbons (Fsp3) is 0.500. The van der Waals surface area contributed by atoms with Gasteiger partial charge in [0.1, 0.15) is 5.65 Å². The lowest BCUT2D eigenvalue weighted by Crippen LogP contribution is -2.53. The van der Waals surface area contributed by atoms with Gasteiger partial charge in [0.15, 0.2) is 11.5 Å². The van der Waals surface area contributed by atoms with Gasteiger partial charge in [-0.2, -0.15) is 4.98 Å². The summed E-state index contributed by atoms with van der Waals surface area (Å²) in [7, 11) is 2.82. The quantitative estimate of drug-likeness (QED) is 0.564. The number of methoxy groups -OCH3 is 1. The maximum absolute atomic E-state index is 13.3. The highest BCUT2D eigenvalue weighted by Gasteiger charge is 2.33. The van der Waals surface area contributed by atoms with Gasteiger partial charge in [-0.25, -0.2) is 13.8 Å². The lowest BCUT2D eigenvalue weighted by Gasteiger charge is -2.24. The van der Waals surface area contributed by atoms with E-state index in [1.807, 2.05) is 0 Å². The number of hydrogen-bond donors (Lipinski definition) is 4. The number of rotatable bonds is 3. The Balaban J connectivity index is 0.000000239. The zero-order chi connectivity index (χ0) is 17.1. The number of nitrogens with two attached hydrogens (primary N) is 2. The number of nitrogen functional groups attached to an aromatic ring is 1. The molecule has 0 aliphatic carbocycles. The number of nitrogens with zero attached hydrogens (tertiary/aromatic N) is 3. The van der Waals surface area contributed by atoms with E-state index < -0.39 is 18.7 Å². The van der Waals surface area contributed by atoms with Crippen LogP contribution < -0.4 is 11.5 Å². The fourth-order valence-electron chi connectivity index (χ4n) is 1.65. The number of aliphatic hydroxyl groups excluding tert-OH is 2. The molecule has 0 aromatic carbocycles. The normalized spacial score (nSPS) is 15.1. The van der Waals surface area contributed by atoms with E-state index in [0.717, 1.165) is 7.11 Å². The molecule has 8 nitrogen and oxygen atoms in total. The number of alkyl halides is 1. The van der Waals surface area contributed by atoms with Gasteiger partial charge in [-0.15, -0.1) is 0 Å². The van der Waals surface area contributed by atoms with Crippen LogP contribution in [0.25, 0.3) is 11.0 Å². The van der Waals surface area contributed by atoms with Crippen LogP contribution in [0.4, 0.5) is 14.7 Å². The first-order valence-corrected chi connectivity index (χ1v) is 6.18. The van der Waals surface area contributed by atoms with Gasteiger partial charge < -0.3 is 25.3 Å². The summed E-state index contributed by atoms with van der Waals surface area (Å²) in [6.45, 7) is 0.949. The van der Waals surface area contributed by atoms with E-state index in [-0.39, 0.29) is 11.8 Å². The predicted molar refractivity (Wildman–Crippen MR) is 75.7 cm³/mol. The summed E-state index contributed by atoms with van der Waals surface area (Å²) in [5.41, 5.74) is 9.51. The molecule has 2 heterocycles. The molecule has 0 radical (unpaired) electrons. The van der Waals surface area contributed by atoms with E-state index >= 15 is 0 Å². The summed E-state index contributed by atoms with van der Waals surface area (Å²) in [4.78, 5) is 7.84. The van der Waals surface area contributed by atoms with Gasteiger partial charge in [0.05, 0.1) is 17.7 Å². The van der Waals surface area contributed by atoms with Gasteiger partial charge in [-0.1, -0.05) is 0 Å². The minimum Gasteiger partial charge on any atom is -0.392 e. The summed E-state index contributed by atoms with van der Waals surface area (Å²) in [6.07, 6.45) is -1.00. The van der Waals surface area contributed by atoms with E-state index in [1.54, 1.807) is 18.5 Å². The van der Waals surface area contributed by atoms with Crippen LogP contribution in [0.2, 0.25) is 0 Å². The van der Waals surface area contributed by atoms with Crippen LogP contribution in [0, 0.1) is 12.7 Å². The van der Waals surface area contributed by atoms with Crippen molar-refractivity contribution in [3.63, 3.8) is 0 Å². The zero-order valence-electron chi connectivity index (χ0n) is 12.4. The number of fused-ring (bicyclic) bond motifs is 1. The Morgan fingerprint density at radius 3 is 2.50 bits per heavy atom.